The smallest absolute Gasteiger partial charge is 0.324 e. The van der Waals surface area contributed by atoms with Crippen molar-refractivity contribution in [2.45, 2.75) is 83.7 Å². The van der Waals surface area contributed by atoms with E-state index in [0.717, 1.165) is 66.0 Å². The molecule has 3 aromatic carbocycles. The van der Waals surface area contributed by atoms with Gasteiger partial charge in [-0.05, 0) is 92.5 Å². The molecule has 240 valence electrons. The summed E-state index contributed by atoms with van der Waals surface area (Å²) in [5.74, 6) is 2.15. The van der Waals surface area contributed by atoms with Gasteiger partial charge in [-0.2, -0.15) is 5.10 Å². The largest absolute Gasteiger partial charge is 0.497 e. The monoisotopic (exact) mass is 619 g/mol. The van der Waals surface area contributed by atoms with Crippen LogP contribution < -0.4 is 15.4 Å². The molecule has 1 aromatic heterocycles. The van der Waals surface area contributed by atoms with Gasteiger partial charge in [0.15, 0.2) is 0 Å². The Bertz CT molecular complexity index is 1670. The summed E-state index contributed by atoms with van der Waals surface area (Å²) in [4.78, 5) is 28.7. The predicted octanol–water partition coefficient (Wildman–Crippen LogP) is 7.69. The van der Waals surface area contributed by atoms with Crippen LogP contribution in [0.5, 0.6) is 5.75 Å². The van der Waals surface area contributed by atoms with E-state index in [2.05, 4.69) is 48.4 Å². The number of piperidine rings is 1. The Morgan fingerprint density at radius 2 is 1.59 bits per heavy atom. The number of hydrogen-bond donors (Lipinski definition) is 2. The number of urea groups is 1. The van der Waals surface area contributed by atoms with E-state index in [0.29, 0.717) is 30.2 Å². The zero-order valence-corrected chi connectivity index (χ0v) is 27.5. The number of nitrogens with one attached hydrogen (secondary N) is 2. The van der Waals surface area contributed by atoms with Gasteiger partial charge in [0, 0.05) is 29.3 Å². The number of carbonyl (C=O) groups excluding carboxylic acids is 2. The summed E-state index contributed by atoms with van der Waals surface area (Å²) in [5, 5.41) is 10.9. The van der Waals surface area contributed by atoms with Gasteiger partial charge in [-0.25, -0.2) is 9.48 Å². The zero-order chi connectivity index (χ0) is 32.4. The summed E-state index contributed by atoms with van der Waals surface area (Å²) in [6.45, 7) is 8.38. The molecular formula is C38H45N5O3. The Hall–Kier alpha value is -4.59. The van der Waals surface area contributed by atoms with E-state index in [4.69, 9.17) is 9.84 Å². The van der Waals surface area contributed by atoms with Crippen molar-refractivity contribution in [2.75, 3.05) is 17.7 Å². The Labute approximate surface area is 272 Å². The molecule has 0 saturated carbocycles. The molecule has 2 fully saturated rings. The second kappa shape index (κ2) is 13.0. The number of rotatable bonds is 8. The molecule has 0 spiro atoms. The third kappa shape index (κ3) is 7.11. The Morgan fingerprint density at radius 3 is 2.24 bits per heavy atom. The summed E-state index contributed by atoms with van der Waals surface area (Å²) in [7, 11) is 1.65. The number of amides is 3. The molecule has 2 aliphatic heterocycles. The standard InChI is InChI=1S/C38H45N5O3/c1-25-9-13-30(14-10-25)43-35(24-34(41-43)38(2,3)4)40-37(45)39-29-8-6-7-27(20-29)19-28-21-31-15-16-32(22-28)42(31)36(44)23-26-11-17-33(46-5)18-12-26/h6-14,17-18,20,24,28,31-32H,15-16,19,21-23H2,1-5H3,(H2,39,40,45). The fourth-order valence-electron chi connectivity index (χ4n) is 6.98. The molecule has 2 saturated heterocycles. The second-order valence-corrected chi connectivity index (χ2v) is 13.9. The quantitative estimate of drug-likeness (QED) is 0.212. The van der Waals surface area contributed by atoms with E-state index in [1.165, 1.54) is 5.56 Å². The average Bonchev–Trinajstić information content (AvgIpc) is 3.56. The van der Waals surface area contributed by atoms with Gasteiger partial charge in [-0.3, -0.25) is 10.1 Å². The lowest BCUT2D eigenvalue weighted by Crippen LogP contribution is -2.47. The van der Waals surface area contributed by atoms with Crippen molar-refractivity contribution < 1.29 is 14.3 Å². The topological polar surface area (TPSA) is 88.5 Å². The van der Waals surface area contributed by atoms with Crippen LogP contribution in [0.25, 0.3) is 5.69 Å². The van der Waals surface area contributed by atoms with Crippen LogP contribution in [0.15, 0.2) is 78.9 Å². The molecule has 6 rings (SSSR count). The van der Waals surface area contributed by atoms with Gasteiger partial charge in [0.1, 0.15) is 11.6 Å². The number of methoxy groups -OCH3 is 1. The number of ether oxygens (including phenoxy) is 1. The Morgan fingerprint density at radius 1 is 0.891 bits per heavy atom. The van der Waals surface area contributed by atoms with Gasteiger partial charge in [0.05, 0.1) is 24.9 Å². The molecule has 0 aliphatic carbocycles. The first-order chi connectivity index (χ1) is 22.1. The van der Waals surface area contributed by atoms with E-state index in [1.54, 1.807) is 11.8 Å². The summed E-state index contributed by atoms with van der Waals surface area (Å²) in [5.41, 5.74) is 5.75. The highest BCUT2D eigenvalue weighted by atomic mass is 16.5. The number of anilines is 2. The van der Waals surface area contributed by atoms with Crippen LogP contribution >= 0.6 is 0 Å². The van der Waals surface area contributed by atoms with Crippen molar-refractivity contribution in [3.8, 4) is 11.4 Å². The number of aromatic nitrogens is 2. The maximum atomic E-state index is 13.3. The van der Waals surface area contributed by atoms with Crippen LogP contribution in [-0.4, -0.2) is 45.8 Å². The minimum atomic E-state index is -0.312. The summed E-state index contributed by atoms with van der Waals surface area (Å²) >= 11 is 0. The van der Waals surface area contributed by atoms with E-state index in [9.17, 15) is 9.59 Å². The van der Waals surface area contributed by atoms with Crippen LogP contribution in [0.3, 0.4) is 0 Å². The number of hydrogen-bond acceptors (Lipinski definition) is 4. The van der Waals surface area contributed by atoms with Gasteiger partial charge in [0.2, 0.25) is 5.91 Å². The molecule has 8 heteroatoms. The molecular weight excluding hydrogens is 574 g/mol. The van der Waals surface area contributed by atoms with Crippen LogP contribution in [-0.2, 0) is 23.1 Å². The van der Waals surface area contributed by atoms with Gasteiger partial charge >= 0.3 is 6.03 Å². The van der Waals surface area contributed by atoms with Crippen molar-refractivity contribution in [2.24, 2.45) is 5.92 Å². The molecule has 2 bridgehead atoms. The first-order valence-corrected chi connectivity index (χ1v) is 16.3. The maximum Gasteiger partial charge on any atom is 0.324 e. The summed E-state index contributed by atoms with van der Waals surface area (Å²) in [6.07, 6.45) is 5.55. The lowest BCUT2D eigenvalue weighted by atomic mass is 9.85. The molecule has 2 N–H and O–H groups in total. The summed E-state index contributed by atoms with van der Waals surface area (Å²) in [6, 6.07) is 26.3. The van der Waals surface area contributed by atoms with Crippen LogP contribution in [0.2, 0.25) is 0 Å². The van der Waals surface area contributed by atoms with Crippen molar-refractivity contribution in [3.05, 3.63) is 101 Å². The SMILES string of the molecule is COc1ccc(CC(=O)N2C3CCC2CC(Cc2cccc(NC(=O)Nc4cc(C(C)(C)C)nn4-c4ccc(C)cc4)c2)C3)cc1. The Balaban J connectivity index is 1.08. The van der Waals surface area contributed by atoms with Crippen LogP contribution in [0.1, 0.15) is 68.8 Å². The van der Waals surface area contributed by atoms with E-state index >= 15 is 0 Å². The first kappa shape index (κ1) is 31.4. The molecule has 46 heavy (non-hydrogen) atoms. The molecule has 2 atom stereocenters. The van der Waals surface area contributed by atoms with Gasteiger partial charge in [-0.15, -0.1) is 0 Å². The highest BCUT2D eigenvalue weighted by Gasteiger charge is 2.42. The Kier molecular flexibility index (Phi) is 8.89. The number of benzene rings is 3. The number of fused-ring (bicyclic) bond motifs is 2. The third-order valence-electron chi connectivity index (χ3n) is 9.34. The molecule has 3 heterocycles. The molecule has 2 aliphatic rings. The summed E-state index contributed by atoms with van der Waals surface area (Å²) < 4.78 is 7.05. The van der Waals surface area contributed by atoms with Crippen LogP contribution in [0.4, 0.5) is 16.3 Å². The molecule has 3 amide bonds. The fourth-order valence-corrected chi connectivity index (χ4v) is 6.98. The van der Waals surface area contributed by atoms with Gasteiger partial charge < -0.3 is 15.0 Å². The van der Waals surface area contributed by atoms with E-state index in [-0.39, 0.29) is 17.4 Å². The molecule has 0 radical (unpaired) electrons. The average molecular weight is 620 g/mol. The molecule has 4 aromatic rings. The fraction of sp³-hybridized carbons (Fsp3) is 0.395. The third-order valence-corrected chi connectivity index (χ3v) is 9.34. The number of aryl methyl sites for hydroxylation is 1. The zero-order valence-electron chi connectivity index (χ0n) is 27.5. The van der Waals surface area contributed by atoms with E-state index in [1.807, 2.05) is 73.7 Å². The number of carbonyl (C=O) groups is 2. The van der Waals surface area contributed by atoms with Crippen LogP contribution in [0, 0.1) is 12.8 Å². The van der Waals surface area contributed by atoms with Gasteiger partial charge in [0.25, 0.3) is 0 Å². The van der Waals surface area contributed by atoms with Crippen molar-refractivity contribution in [1.82, 2.24) is 14.7 Å². The van der Waals surface area contributed by atoms with Gasteiger partial charge in [-0.1, -0.05) is 62.7 Å². The minimum absolute atomic E-state index is 0.170. The lowest BCUT2D eigenvalue weighted by Gasteiger charge is -2.39. The molecule has 8 nitrogen and oxygen atoms in total. The number of nitrogens with zero attached hydrogens (tertiary/aromatic N) is 3. The highest BCUT2D eigenvalue weighted by molar-refractivity contribution is 5.99. The van der Waals surface area contributed by atoms with E-state index < -0.39 is 0 Å². The maximum absolute atomic E-state index is 13.3. The first-order valence-electron chi connectivity index (χ1n) is 16.3. The minimum Gasteiger partial charge on any atom is -0.497 e. The molecule has 2 unspecified atom stereocenters. The normalized spacial score (nSPS) is 19.2. The highest BCUT2D eigenvalue weighted by Crippen LogP contribution is 2.40. The lowest BCUT2D eigenvalue weighted by molar-refractivity contribution is -0.135. The second-order valence-electron chi connectivity index (χ2n) is 13.9. The van der Waals surface area contributed by atoms with Crippen molar-refractivity contribution in [3.63, 3.8) is 0 Å². The van der Waals surface area contributed by atoms with Crippen molar-refractivity contribution in [1.29, 1.82) is 0 Å². The predicted molar refractivity (Wildman–Crippen MR) is 183 cm³/mol. The van der Waals surface area contributed by atoms with Crippen molar-refractivity contribution >= 4 is 23.4 Å².